The lowest BCUT2D eigenvalue weighted by Gasteiger charge is -1.71. The zero-order valence-corrected chi connectivity index (χ0v) is 3.92. The van der Waals surface area contributed by atoms with Gasteiger partial charge in [-0.25, -0.2) is 4.21 Å². The van der Waals surface area contributed by atoms with Gasteiger partial charge in [-0.05, 0) is 0 Å². The topological polar surface area (TPSA) is 37.3 Å². The third kappa shape index (κ3) is 4.40. The van der Waals surface area contributed by atoms with Crippen molar-refractivity contribution in [2.75, 3.05) is 5.21 Å². The first-order valence-electron chi connectivity index (χ1n) is 0.905. The van der Waals surface area contributed by atoms with E-state index < -0.39 is 11.1 Å². The second kappa shape index (κ2) is 2.63. The van der Waals surface area contributed by atoms with Crippen molar-refractivity contribution in [3.8, 4) is 0 Å². The maximum Gasteiger partial charge on any atom is 0.168 e. The van der Waals surface area contributed by atoms with E-state index in [1.165, 1.54) is 0 Å². The van der Waals surface area contributed by atoms with Crippen molar-refractivity contribution in [1.29, 1.82) is 0 Å². The summed E-state index contributed by atoms with van der Waals surface area (Å²) in [5.41, 5.74) is 0. The molecule has 0 rings (SSSR count). The molecule has 0 saturated heterocycles. The average Bonchev–Trinajstić information content (AvgIpc) is 1.38. The van der Waals surface area contributed by atoms with Gasteiger partial charge in [-0.1, -0.05) is 0 Å². The minimum atomic E-state index is -1.81. The van der Waals surface area contributed by atoms with Crippen molar-refractivity contribution in [3.63, 3.8) is 0 Å². The first kappa shape index (κ1) is 5.40. The van der Waals surface area contributed by atoms with Crippen LogP contribution in [0.15, 0.2) is 0 Å². The molecule has 4 heteroatoms. The number of halogens is 1. The standard InChI is InChI=1S/CH3ClO2S/c2-1-5(3)4/h1H2,(H,3,4). The predicted octanol–water partition coefficient (Wildman–Crippen LogP) is 0.404. The van der Waals surface area contributed by atoms with Gasteiger partial charge in [0.2, 0.25) is 0 Å². The Morgan fingerprint density at radius 1 is 2.00 bits per heavy atom. The van der Waals surface area contributed by atoms with Crippen LogP contribution in [0.3, 0.4) is 0 Å². The number of hydrogen-bond acceptors (Lipinski definition) is 1. The summed E-state index contributed by atoms with van der Waals surface area (Å²) in [5, 5.41) is -0.194. The molecule has 1 atom stereocenters. The zero-order chi connectivity index (χ0) is 4.28. The van der Waals surface area contributed by atoms with Crippen molar-refractivity contribution < 1.29 is 8.76 Å². The average molecular weight is 115 g/mol. The molecule has 0 aliphatic rings. The van der Waals surface area contributed by atoms with E-state index in [0.717, 1.165) is 0 Å². The highest BCUT2D eigenvalue weighted by Crippen LogP contribution is 1.74. The lowest BCUT2D eigenvalue weighted by Crippen LogP contribution is -1.82. The second-order valence-electron chi connectivity index (χ2n) is 0.431. The minimum absolute atomic E-state index is 0.194. The van der Waals surface area contributed by atoms with Gasteiger partial charge in [-0.15, -0.1) is 11.6 Å². The zero-order valence-electron chi connectivity index (χ0n) is 2.35. The molecular formula is CH3ClO2S. The van der Waals surface area contributed by atoms with Crippen LogP contribution in [0.4, 0.5) is 0 Å². The highest BCUT2D eigenvalue weighted by atomic mass is 35.5. The van der Waals surface area contributed by atoms with Crippen LogP contribution in [0.1, 0.15) is 0 Å². The normalized spacial score (nSPS) is 14.8. The first-order chi connectivity index (χ1) is 2.27. The molecular weight excluding hydrogens is 112 g/mol. The maximum atomic E-state index is 9.35. The van der Waals surface area contributed by atoms with E-state index in [0.29, 0.717) is 0 Å². The van der Waals surface area contributed by atoms with Crippen LogP contribution in [0.5, 0.6) is 0 Å². The van der Waals surface area contributed by atoms with E-state index in [9.17, 15) is 4.21 Å². The summed E-state index contributed by atoms with van der Waals surface area (Å²) in [6, 6.07) is 0. The third-order valence-electron chi connectivity index (χ3n) is 0.0933. The van der Waals surface area contributed by atoms with Crippen molar-refractivity contribution in [3.05, 3.63) is 0 Å². The third-order valence-corrected chi connectivity index (χ3v) is 0.840. The summed E-state index contributed by atoms with van der Waals surface area (Å²) < 4.78 is 17.0. The number of rotatable bonds is 1. The SMILES string of the molecule is O=S(O)CCl. The summed E-state index contributed by atoms with van der Waals surface area (Å²) >= 11 is 2.98. The van der Waals surface area contributed by atoms with Gasteiger partial charge in [-0.2, -0.15) is 0 Å². The van der Waals surface area contributed by atoms with Crippen LogP contribution < -0.4 is 0 Å². The molecule has 1 N–H and O–H groups in total. The molecule has 0 saturated carbocycles. The molecule has 0 fully saturated rings. The molecule has 0 heterocycles. The smallest absolute Gasteiger partial charge is 0.168 e. The molecule has 32 valence electrons. The molecule has 0 aromatic rings. The fourth-order valence-electron chi connectivity index (χ4n) is 0. The van der Waals surface area contributed by atoms with Gasteiger partial charge in [0, 0.05) is 0 Å². The van der Waals surface area contributed by atoms with Crippen LogP contribution in [0.25, 0.3) is 0 Å². The van der Waals surface area contributed by atoms with Crippen LogP contribution in [0.2, 0.25) is 0 Å². The molecule has 5 heavy (non-hydrogen) atoms. The van der Waals surface area contributed by atoms with Gasteiger partial charge in [0.1, 0.15) is 5.21 Å². The Hall–Kier alpha value is 0.400. The molecule has 0 aromatic heterocycles. The molecule has 0 aliphatic carbocycles. The summed E-state index contributed by atoms with van der Waals surface area (Å²) in [7, 11) is 0. The highest BCUT2D eigenvalue weighted by molar-refractivity contribution is 7.80. The Kier molecular flexibility index (Phi) is 2.84. The summed E-state index contributed by atoms with van der Waals surface area (Å²) in [6.45, 7) is 0. The van der Waals surface area contributed by atoms with Gasteiger partial charge in [0.25, 0.3) is 0 Å². The van der Waals surface area contributed by atoms with E-state index in [1.54, 1.807) is 0 Å². The van der Waals surface area contributed by atoms with E-state index in [2.05, 4.69) is 0 Å². The van der Waals surface area contributed by atoms with Crippen LogP contribution in [0, 0.1) is 0 Å². The lowest BCUT2D eigenvalue weighted by molar-refractivity contribution is 0.569. The molecule has 0 aliphatic heterocycles. The Labute approximate surface area is 37.4 Å². The molecule has 0 bridgehead atoms. The Bertz CT molecular complexity index is 44.9. The van der Waals surface area contributed by atoms with Crippen molar-refractivity contribution in [1.82, 2.24) is 0 Å². The fraction of sp³-hybridized carbons (Fsp3) is 1.00. The van der Waals surface area contributed by atoms with Crippen molar-refractivity contribution in [2.45, 2.75) is 0 Å². The lowest BCUT2D eigenvalue weighted by atomic mass is 11.9. The van der Waals surface area contributed by atoms with Crippen LogP contribution in [-0.4, -0.2) is 14.0 Å². The highest BCUT2D eigenvalue weighted by Gasteiger charge is 1.78. The molecule has 0 amide bonds. The van der Waals surface area contributed by atoms with Gasteiger partial charge < -0.3 is 4.55 Å². The van der Waals surface area contributed by atoms with Crippen molar-refractivity contribution >= 4 is 22.7 Å². The van der Waals surface area contributed by atoms with E-state index in [4.69, 9.17) is 16.2 Å². The quantitative estimate of drug-likeness (QED) is 0.396. The molecule has 0 aromatic carbocycles. The second-order valence-corrected chi connectivity index (χ2v) is 1.95. The van der Waals surface area contributed by atoms with Crippen LogP contribution in [-0.2, 0) is 11.1 Å². The summed E-state index contributed by atoms with van der Waals surface area (Å²) in [4.78, 5) is 0. The van der Waals surface area contributed by atoms with Crippen molar-refractivity contribution in [2.24, 2.45) is 0 Å². The maximum absolute atomic E-state index is 9.35. The van der Waals surface area contributed by atoms with E-state index >= 15 is 0 Å². The summed E-state index contributed by atoms with van der Waals surface area (Å²) in [6.07, 6.45) is 0. The monoisotopic (exact) mass is 114 g/mol. The minimum Gasteiger partial charge on any atom is -0.305 e. The van der Waals surface area contributed by atoms with Gasteiger partial charge >= 0.3 is 0 Å². The Balaban J connectivity index is 2.85. The fourth-order valence-corrected chi connectivity index (χ4v) is 0. The molecule has 2 nitrogen and oxygen atoms in total. The van der Waals surface area contributed by atoms with Gasteiger partial charge in [0.15, 0.2) is 11.1 Å². The molecule has 0 spiro atoms. The van der Waals surface area contributed by atoms with Gasteiger partial charge in [0.05, 0.1) is 0 Å². The Morgan fingerprint density at radius 3 is 2.20 bits per heavy atom. The predicted molar refractivity (Wildman–Crippen MR) is 21.5 cm³/mol. The van der Waals surface area contributed by atoms with E-state index in [-0.39, 0.29) is 5.21 Å². The molecule has 0 radical (unpaired) electrons. The largest absolute Gasteiger partial charge is 0.305 e. The van der Waals surface area contributed by atoms with Crippen LogP contribution >= 0.6 is 11.6 Å². The molecule has 1 unspecified atom stereocenters. The number of hydrogen-bond donors (Lipinski definition) is 1. The number of alkyl halides is 1. The summed E-state index contributed by atoms with van der Waals surface area (Å²) in [5.74, 6) is 0. The Morgan fingerprint density at radius 2 is 2.20 bits per heavy atom. The first-order valence-corrected chi connectivity index (χ1v) is 2.72. The van der Waals surface area contributed by atoms with Gasteiger partial charge in [-0.3, -0.25) is 0 Å². The van der Waals surface area contributed by atoms with E-state index in [1.807, 2.05) is 0 Å².